The molecule has 1 aliphatic carbocycles. The molecule has 1 saturated carbocycles. The maximum Gasteiger partial charge on any atom is 0.206 e. The summed E-state index contributed by atoms with van der Waals surface area (Å²) in [7, 11) is 0. The molecule has 1 fully saturated rings. The van der Waals surface area contributed by atoms with Crippen molar-refractivity contribution in [1.82, 2.24) is 9.55 Å². The Morgan fingerprint density at radius 3 is 2.70 bits per heavy atom. The van der Waals surface area contributed by atoms with Gasteiger partial charge in [0.05, 0.1) is 24.7 Å². The highest BCUT2D eigenvalue weighted by Gasteiger charge is 2.37. The van der Waals surface area contributed by atoms with Crippen LogP contribution in [0.25, 0.3) is 0 Å². The minimum absolute atomic E-state index is 0.00464. The number of hydrogen-bond acceptors (Lipinski definition) is 3. The zero-order valence-corrected chi connectivity index (χ0v) is 14.0. The molecule has 1 heterocycles. The quantitative estimate of drug-likeness (QED) is 0.760. The van der Waals surface area contributed by atoms with Crippen LogP contribution in [-0.4, -0.2) is 28.0 Å². The number of rotatable bonds is 6. The lowest BCUT2D eigenvalue weighted by atomic mass is 9.70. The van der Waals surface area contributed by atoms with Crippen molar-refractivity contribution in [2.75, 3.05) is 6.61 Å². The Hall–Kier alpha value is -1.94. The van der Waals surface area contributed by atoms with Gasteiger partial charge in [0.25, 0.3) is 0 Å². The predicted octanol–water partition coefficient (Wildman–Crippen LogP) is 3.88. The minimum atomic E-state index is -0.00464. The highest BCUT2D eigenvalue weighted by molar-refractivity contribution is 5.95. The molecule has 0 radical (unpaired) electrons. The van der Waals surface area contributed by atoms with E-state index in [0.29, 0.717) is 11.1 Å². The number of benzene rings is 1. The second-order valence-corrected chi connectivity index (χ2v) is 7.20. The highest BCUT2D eigenvalue weighted by atomic mass is 16.5. The minimum Gasteiger partial charge on any atom is -0.370 e. The second kappa shape index (κ2) is 6.28. The number of carbonyl (C=O) groups is 1. The van der Waals surface area contributed by atoms with Gasteiger partial charge in [-0.15, -0.1) is 0 Å². The van der Waals surface area contributed by atoms with E-state index in [9.17, 15) is 4.79 Å². The summed E-state index contributed by atoms with van der Waals surface area (Å²) in [4.78, 5) is 16.6. The van der Waals surface area contributed by atoms with E-state index in [-0.39, 0.29) is 24.5 Å². The molecule has 0 bridgehead atoms. The predicted molar refractivity (Wildman–Crippen MR) is 89.6 cm³/mol. The fraction of sp³-hybridized carbons (Fsp3) is 0.474. The molecule has 3 rings (SSSR count). The summed E-state index contributed by atoms with van der Waals surface area (Å²) in [5.74, 6) is -0.00464. The number of Topliss-reactive ketones (excluding diaryl/α,β-unsaturated/α-hetero) is 1. The summed E-state index contributed by atoms with van der Waals surface area (Å²) in [5.41, 5.74) is 2.12. The summed E-state index contributed by atoms with van der Waals surface area (Å²) in [6.45, 7) is 6.66. The first-order valence-electron chi connectivity index (χ1n) is 8.18. The van der Waals surface area contributed by atoms with Crippen molar-refractivity contribution < 1.29 is 9.53 Å². The molecule has 122 valence electrons. The standard InChI is InChI=1S/C19H24N2O2/c1-14(15-7-5-4-6-8-15)21-13-20-11-17(21)18(22)12-23-16-9-19(2,3)10-16/h4-8,11,13-14,16H,9-10,12H2,1-3H3/t14-/m1/s1. The molecule has 0 aliphatic heterocycles. The smallest absolute Gasteiger partial charge is 0.206 e. The topological polar surface area (TPSA) is 44.1 Å². The monoisotopic (exact) mass is 312 g/mol. The van der Waals surface area contributed by atoms with Crippen LogP contribution in [0.2, 0.25) is 0 Å². The van der Waals surface area contributed by atoms with Gasteiger partial charge in [0.15, 0.2) is 0 Å². The molecule has 0 saturated heterocycles. The van der Waals surface area contributed by atoms with Gasteiger partial charge in [0, 0.05) is 0 Å². The van der Waals surface area contributed by atoms with E-state index in [0.717, 1.165) is 18.4 Å². The molecule has 4 nitrogen and oxygen atoms in total. The molecule has 23 heavy (non-hydrogen) atoms. The molecule has 0 spiro atoms. The average Bonchev–Trinajstić information content (AvgIpc) is 3.00. The van der Waals surface area contributed by atoms with Crippen LogP contribution in [0.3, 0.4) is 0 Å². The zero-order valence-electron chi connectivity index (χ0n) is 14.0. The first-order valence-corrected chi connectivity index (χ1v) is 8.18. The van der Waals surface area contributed by atoms with Crippen LogP contribution in [0.15, 0.2) is 42.9 Å². The van der Waals surface area contributed by atoms with Crippen LogP contribution >= 0.6 is 0 Å². The average molecular weight is 312 g/mol. The Labute approximate surface area is 137 Å². The summed E-state index contributed by atoms with van der Waals surface area (Å²) in [5, 5.41) is 0. The number of ether oxygens (including phenoxy) is 1. The van der Waals surface area contributed by atoms with Crippen molar-refractivity contribution in [3.05, 3.63) is 54.1 Å². The lowest BCUT2D eigenvalue weighted by Crippen LogP contribution is -2.39. The van der Waals surface area contributed by atoms with Crippen molar-refractivity contribution in [1.29, 1.82) is 0 Å². The van der Waals surface area contributed by atoms with Gasteiger partial charge in [-0.2, -0.15) is 0 Å². The summed E-state index contributed by atoms with van der Waals surface area (Å²) in [6, 6.07) is 10.2. The van der Waals surface area contributed by atoms with Gasteiger partial charge in [-0.1, -0.05) is 44.2 Å². The molecular formula is C19H24N2O2. The molecule has 1 aliphatic rings. The largest absolute Gasteiger partial charge is 0.370 e. The van der Waals surface area contributed by atoms with E-state index in [4.69, 9.17) is 4.74 Å². The third kappa shape index (κ3) is 3.53. The molecule has 1 aromatic heterocycles. The van der Waals surface area contributed by atoms with Crippen molar-refractivity contribution in [2.24, 2.45) is 5.41 Å². The third-order valence-corrected chi connectivity index (χ3v) is 4.66. The van der Waals surface area contributed by atoms with Crippen LogP contribution in [0.5, 0.6) is 0 Å². The second-order valence-electron chi connectivity index (χ2n) is 7.20. The zero-order chi connectivity index (χ0) is 16.4. The summed E-state index contributed by atoms with van der Waals surface area (Å²) < 4.78 is 7.67. The van der Waals surface area contributed by atoms with Crippen molar-refractivity contribution in [3.63, 3.8) is 0 Å². The van der Waals surface area contributed by atoms with Crippen LogP contribution in [0, 0.1) is 5.41 Å². The Morgan fingerprint density at radius 2 is 2.04 bits per heavy atom. The van der Waals surface area contributed by atoms with E-state index >= 15 is 0 Å². The van der Waals surface area contributed by atoms with E-state index in [1.165, 1.54) is 0 Å². The van der Waals surface area contributed by atoms with Gasteiger partial charge in [-0.05, 0) is 30.7 Å². The van der Waals surface area contributed by atoms with Gasteiger partial charge in [0.1, 0.15) is 12.3 Å². The van der Waals surface area contributed by atoms with Gasteiger partial charge in [0.2, 0.25) is 5.78 Å². The first-order chi connectivity index (χ1) is 11.0. The molecule has 0 N–H and O–H groups in total. The van der Waals surface area contributed by atoms with Crippen molar-refractivity contribution in [3.8, 4) is 0 Å². The number of hydrogen-bond donors (Lipinski definition) is 0. The van der Waals surface area contributed by atoms with Gasteiger partial charge >= 0.3 is 0 Å². The molecular weight excluding hydrogens is 288 g/mol. The van der Waals surface area contributed by atoms with E-state index < -0.39 is 0 Å². The number of carbonyl (C=O) groups excluding carboxylic acids is 1. The maximum atomic E-state index is 12.5. The Morgan fingerprint density at radius 1 is 1.35 bits per heavy atom. The third-order valence-electron chi connectivity index (χ3n) is 4.66. The molecule has 4 heteroatoms. The van der Waals surface area contributed by atoms with Crippen molar-refractivity contribution >= 4 is 5.78 Å². The molecule has 1 atom stereocenters. The number of nitrogens with zero attached hydrogens (tertiary/aromatic N) is 2. The lowest BCUT2D eigenvalue weighted by molar-refractivity contribution is -0.0574. The van der Waals surface area contributed by atoms with Crippen LogP contribution < -0.4 is 0 Å². The normalized spacial score (nSPS) is 18.4. The highest BCUT2D eigenvalue weighted by Crippen LogP contribution is 2.41. The van der Waals surface area contributed by atoms with Crippen LogP contribution in [0.4, 0.5) is 0 Å². The lowest BCUT2D eigenvalue weighted by Gasteiger charge is -2.42. The Kier molecular flexibility index (Phi) is 4.35. The summed E-state index contributed by atoms with van der Waals surface area (Å²) in [6.07, 6.45) is 5.63. The van der Waals surface area contributed by atoms with E-state index in [2.05, 4.69) is 37.9 Å². The summed E-state index contributed by atoms with van der Waals surface area (Å²) >= 11 is 0. The van der Waals surface area contributed by atoms with E-state index in [1.54, 1.807) is 12.5 Å². The number of imidazole rings is 1. The molecule has 2 aromatic rings. The van der Waals surface area contributed by atoms with Gasteiger partial charge in [-0.3, -0.25) is 4.79 Å². The van der Waals surface area contributed by atoms with Crippen molar-refractivity contribution in [2.45, 2.75) is 45.8 Å². The van der Waals surface area contributed by atoms with Crippen LogP contribution in [-0.2, 0) is 4.74 Å². The van der Waals surface area contributed by atoms with E-state index in [1.807, 2.05) is 22.8 Å². The fourth-order valence-electron chi connectivity index (χ4n) is 3.28. The van der Waals surface area contributed by atoms with Gasteiger partial charge < -0.3 is 9.30 Å². The number of ketones is 1. The molecule has 0 unspecified atom stereocenters. The maximum absolute atomic E-state index is 12.5. The molecule has 1 aromatic carbocycles. The van der Waals surface area contributed by atoms with Gasteiger partial charge in [-0.25, -0.2) is 4.98 Å². The first kappa shape index (κ1) is 15.9. The number of aromatic nitrogens is 2. The Balaban J connectivity index is 1.65. The SMILES string of the molecule is C[C@H](c1ccccc1)n1cncc1C(=O)COC1CC(C)(C)C1. The fourth-order valence-corrected chi connectivity index (χ4v) is 3.28. The van der Waals surface area contributed by atoms with Crippen LogP contribution in [0.1, 0.15) is 55.7 Å². The molecule has 0 amide bonds. The Bertz CT molecular complexity index is 668.